The van der Waals surface area contributed by atoms with Crippen molar-refractivity contribution in [1.29, 1.82) is 0 Å². The lowest BCUT2D eigenvalue weighted by molar-refractivity contribution is -0.134. The minimum atomic E-state index is -0.549. The summed E-state index contributed by atoms with van der Waals surface area (Å²) in [5, 5.41) is 0. The normalized spacial score (nSPS) is 14.6. The molecule has 3 rings (SSSR count). The van der Waals surface area contributed by atoms with E-state index in [2.05, 4.69) is 36.9 Å². The maximum absolute atomic E-state index is 12.2. The summed E-state index contributed by atoms with van der Waals surface area (Å²) < 4.78 is 17.3. The van der Waals surface area contributed by atoms with Crippen LogP contribution in [0.3, 0.4) is 0 Å². The van der Waals surface area contributed by atoms with Gasteiger partial charge in [-0.15, -0.1) is 0 Å². The number of aliphatic imine (C=N–C) groups is 1. The standard InChI is InChI=1S/C20H15Br2NO5/c1-3-17(24)27-18-14(22)7-11(9-16(18)26-2)8-15-20(25)28-19(23-15)12-5-4-6-13(21)10-12/h4-10H,3H2,1-2H3/b15-8-. The minimum absolute atomic E-state index is 0.155. The molecule has 144 valence electrons. The molecule has 0 unspecified atom stereocenters. The van der Waals surface area contributed by atoms with Gasteiger partial charge < -0.3 is 14.2 Å². The van der Waals surface area contributed by atoms with Gasteiger partial charge in [0.15, 0.2) is 17.2 Å². The van der Waals surface area contributed by atoms with Crippen LogP contribution in [-0.2, 0) is 14.3 Å². The number of rotatable bonds is 5. The van der Waals surface area contributed by atoms with Gasteiger partial charge in [-0.3, -0.25) is 4.79 Å². The molecule has 0 saturated heterocycles. The Morgan fingerprint density at radius 1 is 1.25 bits per heavy atom. The fourth-order valence-corrected chi connectivity index (χ4v) is 3.36. The highest BCUT2D eigenvalue weighted by molar-refractivity contribution is 9.10. The van der Waals surface area contributed by atoms with Crippen LogP contribution in [0.2, 0.25) is 0 Å². The molecule has 0 spiro atoms. The van der Waals surface area contributed by atoms with Crippen molar-refractivity contribution in [3.05, 3.63) is 62.2 Å². The van der Waals surface area contributed by atoms with Crippen LogP contribution in [0.5, 0.6) is 11.5 Å². The van der Waals surface area contributed by atoms with Gasteiger partial charge in [-0.25, -0.2) is 9.79 Å². The summed E-state index contributed by atoms with van der Waals surface area (Å²) in [6.45, 7) is 1.70. The third-order valence-electron chi connectivity index (χ3n) is 3.75. The van der Waals surface area contributed by atoms with Gasteiger partial charge in [0.05, 0.1) is 11.6 Å². The van der Waals surface area contributed by atoms with Gasteiger partial charge in [-0.1, -0.05) is 28.9 Å². The van der Waals surface area contributed by atoms with E-state index in [1.54, 1.807) is 31.2 Å². The molecule has 0 fully saturated rings. The Labute approximate surface area is 178 Å². The smallest absolute Gasteiger partial charge is 0.363 e. The second-order valence-electron chi connectivity index (χ2n) is 5.71. The fraction of sp³-hybridized carbons (Fsp3) is 0.150. The molecule has 28 heavy (non-hydrogen) atoms. The zero-order chi connectivity index (χ0) is 20.3. The molecule has 2 aromatic carbocycles. The van der Waals surface area contributed by atoms with Crippen LogP contribution in [0.1, 0.15) is 24.5 Å². The lowest BCUT2D eigenvalue weighted by Gasteiger charge is -2.11. The third kappa shape index (κ3) is 4.51. The Balaban J connectivity index is 1.95. The van der Waals surface area contributed by atoms with E-state index >= 15 is 0 Å². The van der Waals surface area contributed by atoms with Crippen molar-refractivity contribution in [1.82, 2.24) is 0 Å². The van der Waals surface area contributed by atoms with Gasteiger partial charge in [-0.05, 0) is 57.9 Å². The van der Waals surface area contributed by atoms with E-state index in [4.69, 9.17) is 14.2 Å². The molecule has 0 N–H and O–H groups in total. The van der Waals surface area contributed by atoms with Crippen LogP contribution in [-0.4, -0.2) is 24.9 Å². The summed E-state index contributed by atoms with van der Waals surface area (Å²) in [6.07, 6.45) is 1.81. The maximum atomic E-state index is 12.2. The maximum Gasteiger partial charge on any atom is 0.363 e. The summed E-state index contributed by atoms with van der Waals surface area (Å²) in [6, 6.07) is 10.7. The average Bonchev–Trinajstić information content (AvgIpc) is 3.04. The highest BCUT2D eigenvalue weighted by Crippen LogP contribution is 2.37. The molecular weight excluding hydrogens is 494 g/mol. The van der Waals surface area contributed by atoms with Crippen molar-refractivity contribution in [3.63, 3.8) is 0 Å². The van der Waals surface area contributed by atoms with Crippen molar-refractivity contribution in [2.45, 2.75) is 13.3 Å². The lowest BCUT2D eigenvalue weighted by Crippen LogP contribution is -2.07. The number of carbonyl (C=O) groups is 2. The van der Waals surface area contributed by atoms with Crippen molar-refractivity contribution in [3.8, 4) is 11.5 Å². The van der Waals surface area contributed by atoms with Crippen LogP contribution in [0, 0.1) is 0 Å². The highest BCUT2D eigenvalue weighted by Gasteiger charge is 2.24. The summed E-state index contributed by atoms with van der Waals surface area (Å²) in [7, 11) is 1.47. The van der Waals surface area contributed by atoms with Crippen molar-refractivity contribution < 1.29 is 23.8 Å². The summed E-state index contributed by atoms with van der Waals surface area (Å²) >= 11 is 6.75. The number of nitrogens with zero attached hydrogens (tertiary/aromatic N) is 1. The molecule has 2 aromatic rings. The monoisotopic (exact) mass is 507 g/mol. The summed E-state index contributed by atoms with van der Waals surface area (Å²) in [4.78, 5) is 28.1. The summed E-state index contributed by atoms with van der Waals surface area (Å²) in [5.41, 5.74) is 1.47. The Morgan fingerprint density at radius 3 is 2.71 bits per heavy atom. The van der Waals surface area contributed by atoms with E-state index in [1.807, 2.05) is 18.2 Å². The van der Waals surface area contributed by atoms with Gasteiger partial charge in [0.25, 0.3) is 0 Å². The fourth-order valence-electron chi connectivity index (χ4n) is 2.42. The minimum Gasteiger partial charge on any atom is -0.493 e. The SMILES string of the molecule is CCC(=O)Oc1c(Br)cc(/C=C2\N=C(c3cccc(Br)c3)OC2=O)cc1OC. The average molecular weight is 509 g/mol. The van der Waals surface area contributed by atoms with Crippen LogP contribution in [0.25, 0.3) is 6.08 Å². The number of carbonyl (C=O) groups excluding carboxylic acids is 2. The summed E-state index contributed by atoms with van der Waals surface area (Å²) in [5.74, 6) is -0.0641. The number of ether oxygens (including phenoxy) is 3. The van der Waals surface area contributed by atoms with Gasteiger partial charge >= 0.3 is 11.9 Å². The first-order chi connectivity index (χ1) is 13.4. The molecule has 0 aliphatic carbocycles. The second-order valence-corrected chi connectivity index (χ2v) is 7.48. The molecule has 0 aromatic heterocycles. The number of esters is 2. The van der Waals surface area contributed by atoms with Crippen molar-refractivity contribution >= 4 is 55.8 Å². The number of halogens is 2. The number of benzene rings is 2. The van der Waals surface area contributed by atoms with Crippen LogP contribution in [0.4, 0.5) is 0 Å². The van der Waals surface area contributed by atoms with Gasteiger partial charge in [0, 0.05) is 16.5 Å². The first-order valence-corrected chi connectivity index (χ1v) is 9.86. The molecule has 0 bridgehead atoms. The van der Waals surface area contributed by atoms with Crippen LogP contribution >= 0.6 is 31.9 Å². The van der Waals surface area contributed by atoms with Crippen molar-refractivity contribution in [2.24, 2.45) is 4.99 Å². The third-order valence-corrected chi connectivity index (χ3v) is 4.83. The molecule has 1 aliphatic rings. The molecule has 8 heteroatoms. The molecular formula is C20H15Br2NO5. The number of cyclic esters (lactones) is 1. The Morgan fingerprint density at radius 2 is 2.04 bits per heavy atom. The topological polar surface area (TPSA) is 74.2 Å². The van der Waals surface area contributed by atoms with E-state index < -0.39 is 5.97 Å². The molecule has 1 heterocycles. The first kappa shape index (κ1) is 20.3. The van der Waals surface area contributed by atoms with E-state index in [0.29, 0.717) is 21.3 Å². The quantitative estimate of drug-likeness (QED) is 0.327. The molecule has 1 aliphatic heterocycles. The van der Waals surface area contributed by atoms with E-state index in [1.165, 1.54) is 7.11 Å². The van der Waals surface area contributed by atoms with Gasteiger partial charge in [0.1, 0.15) is 0 Å². The number of hydrogen-bond donors (Lipinski definition) is 0. The first-order valence-electron chi connectivity index (χ1n) is 8.28. The molecule has 0 saturated carbocycles. The Bertz CT molecular complexity index is 1010. The highest BCUT2D eigenvalue weighted by atomic mass is 79.9. The number of hydrogen-bond acceptors (Lipinski definition) is 6. The van der Waals surface area contributed by atoms with Gasteiger partial charge in [0.2, 0.25) is 5.90 Å². The van der Waals surface area contributed by atoms with Gasteiger partial charge in [-0.2, -0.15) is 0 Å². The molecule has 6 nitrogen and oxygen atoms in total. The molecule has 0 atom stereocenters. The van der Waals surface area contributed by atoms with E-state index in [9.17, 15) is 9.59 Å². The van der Waals surface area contributed by atoms with Crippen LogP contribution < -0.4 is 9.47 Å². The number of methoxy groups -OCH3 is 1. The largest absolute Gasteiger partial charge is 0.493 e. The van der Waals surface area contributed by atoms with Crippen LogP contribution in [0.15, 0.2) is 56.0 Å². The van der Waals surface area contributed by atoms with E-state index in [0.717, 1.165) is 4.47 Å². The Kier molecular flexibility index (Phi) is 6.31. The Hall–Kier alpha value is -2.45. The zero-order valence-electron chi connectivity index (χ0n) is 15.0. The molecule has 0 radical (unpaired) electrons. The van der Waals surface area contributed by atoms with E-state index in [-0.39, 0.29) is 29.7 Å². The lowest BCUT2D eigenvalue weighted by atomic mass is 10.1. The predicted molar refractivity (Wildman–Crippen MR) is 111 cm³/mol. The molecule has 0 amide bonds. The van der Waals surface area contributed by atoms with Crippen molar-refractivity contribution in [2.75, 3.05) is 7.11 Å². The zero-order valence-corrected chi connectivity index (χ0v) is 18.2. The second kappa shape index (κ2) is 8.70. The predicted octanol–water partition coefficient (Wildman–Crippen LogP) is 4.88.